The molecule has 0 saturated heterocycles. The summed E-state index contributed by atoms with van der Waals surface area (Å²) in [6.07, 6.45) is 1.56. The van der Waals surface area contributed by atoms with Crippen LogP contribution in [0.5, 0.6) is 0 Å². The maximum Gasteiger partial charge on any atom is 0.144 e. The van der Waals surface area contributed by atoms with Gasteiger partial charge in [-0.3, -0.25) is 4.98 Å². The molecule has 0 aliphatic carbocycles. The van der Waals surface area contributed by atoms with Crippen LogP contribution in [0, 0.1) is 13.8 Å². The summed E-state index contributed by atoms with van der Waals surface area (Å²) in [5.41, 5.74) is 5.65. The highest BCUT2D eigenvalue weighted by Gasteiger charge is 2.15. The van der Waals surface area contributed by atoms with E-state index in [0.717, 1.165) is 33.1 Å². The summed E-state index contributed by atoms with van der Waals surface area (Å²) in [5.74, 6) is 0. The summed E-state index contributed by atoms with van der Waals surface area (Å²) in [6.45, 7) is -0.219. The molecule has 0 radical (unpaired) electrons. The number of aromatic nitrogens is 1. The van der Waals surface area contributed by atoms with Gasteiger partial charge < -0.3 is 4.42 Å². The lowest BCUT2D eigenvalue weighted by Crippen LogP contribution is -1.89. The summed E-state index contributed by atoms with van der Waals surface area (Å²) >= 11 is 6.47. The van der Waals surface area contributed by atoms with Gasteiger partial charge in [0, 0.05) is 32.2 Å². The summed E-state index contributed by atoms with van der Waals surface area (Å²) in [6, 6.07) is 20.8. The molecular formula is C25H18ClNO. The van der Waals surface area contributed by atoms with E-state index < -0.39 is 6.85 Å². The van der Waals surface area contributed by atoms with Crippen molar-refractivity contribution in [2.24, 2.45) is 0 Å². The molecule has 0 amide bonds. The quantitative estimate of drug-likeness (QED) is 0.312. The van der Waals surface area contributed by atoms with E-state index >= 15 is 0 Å². The molecular weight excluding hydrogens is 366 g/mol. The van der Waals surface area contributed by atoms with Crippen molar-refractivity contribution in [2.45, 2.75) is 13.8 Å². The third-order valence-electron chi connectivity index (χ3n) is 5.00. The largest absolute Gasteiger partial charge is 0.455 e. The number of para-hydroxylation sites is 1. The van der Waals surface area contributed by atoms with E-state index in [-0.39, 0.29) is 5.56 Å². The molecule has 2 aromatic heterocycles. The molecule has 3 heteroatoms. The van der Waals surface area contributed by atoms with Crippen LogP contribution in [-0.4, -0.2) is 4.98 Å². The predicted molar refractivity (Wildman–Crippen MR) is 117 cm³/mol. The first kappa shape index (κ1) is 14.0. The lowest BCUT2D eigenvalue weighted by atomic mass is 9.99. The normalized spacial score (nSPS) is 13.4. The zero-order valence-electron chi connectivity index (χ0n) is 18.2. The molecule has 28 heavy (non-hydrogen) atoms. The number of halogens is 1. The Hall–Kier alpha value is -3.10. The Morgan fingerprint density at radius 1 is 0.893 bits per heavy atom. The molecule has 0 saturated carbocycles. The van der Waals surface area contributed by atoms with Gasteiger partial charge in [0.2, 0.25) is 0 Å². The molecule has 0 aliphatic rings. The van der Waals surface area contributed by atoms with Crippen LogP contribution in [0.1, 0.15) is 15.2 Å². The van der Waals surface area contributed by atoms with Gasteiger partial charge in [-0.15, -0.1) is 0 Å². The van der Waals surface area contributed by atoms with Crippen LogP contribution >= 0.6 is 11.6 Å². The fourth-order valence-electron chi connectivity index (χ4n) is 3.62. The number of nitrogens with zero attached hydrogens (tertiary/aromatic N) is 1. The smallest absolute Gasteiger partial charge is 0.144 e. The van der Waals surface area contributed by atoms with Gasteiger partial charge in [-0.1, -0.05) is 60.1 Å². The molecule has 2 heterocycles. The summed E-state index contributed by atoms with van der Waals surface area (Å²) < 4.78 is 29.9. The van der Waals surface area contributed by atoms with Gasteiger partial charge in [0.1, 0.15) is 11.2 Å². The minimum Gasteiger partial charge on any atom is -0.455 e. The monoisotopic (exact) mass is 386 g/mol. The minimum absolute atomic E-state index is 0.256. The molecule has 0 fully saturated rings. The van der Waals surface area contributed by atoms with E-state index in [9.17, 15) is 0 Å². The number of aryl methyl sites for hydroxylation is 2. The van der Waals surface area contributed by atoms with Crippen LogP contribution in [0.4, 0.5) is 0 Å². The fourth-order valence-corrected chi connectivity index (χ4v) is 3.82. The van der Waals surface area contributed by atoms with Crippen molar-refractivity contribution in [3.8, 4) is 22.4 Å². The third kappa shape index (κ3) is 2.69. The van der Waals surface area contributed by atoms with Crippen molar-refractivity contribution in [3.63, 3.8) is 0 Å². The van der Waals surface area contributed by atoms with E-state index in [4.69, 9.17) is 20.1 Å². The van der Waals surface area contributed by atoms with Crippen LogP contribution < -0.4 is 0 Å². The van der Waals surface area contributed by atoms with E-state index in [0.29, 0.717) is 21.8 Å². The van der Waals surface area contributed by atoms with E-state index in [2.05, 4.69) is 17.1 Å². The highest BCUT2D eigenvalue weighted by atomic mass is 35.5. The van der Waals surface area contributed by atoms with E-state index in [1.54, 1.807) is 24.4 Å². The summed E-state index contributed by atoms with van der Waals surface area (Å²) in [5, 5.41) is 2.45. The molecule has 0 atom stereocenters. The van der Waals surface area contributed by atoms with Crippen molar-refractivity contribution in [1.29, 1.82) is 0 Å². The van der Waals surface area contributed by atoms with Crippen molar-refractivity contribution in [1.82, 2.24) is 4.98 Å². The molecule has 2 nitrogen and oxygen atoms in total. The zero-order valence-corrected chi connectivity index (χ0v) is 15.9. The summed E-state index contributed by atoms with van der Waals surface area (Å²) in [7, 11) is 0. The molecule has 5 rings (SSSR count). The number of benzene rings is 3. The number of fused-ring (bicyclic) bond motifs is 3. The number of furan rings is 1. The first-order valence-electron chi connectivity index (χ1n) is 10.5. The van der Waals surface area contributed by atoms with Crippen molar-refractivity contribution >= 4 is 33.5 Å². The molecule has 0 N–H and O–H groups in total. The molecule has 3 aromatic carbocycles. The molecule has 0 aliphatic heterocycles. The molecule has 136 valence electrons. The number of hydrogen-bond donors (Lipinski definition) is 0. The third-order valence-corrected chi connectivity index (χ3v) is 5.30. The van der Waals surface area contributed by atoms with Crippen LogP contribution in [0.2, 0.25) is 5.02 Å². The zero-order chi connectivity index (χ0) is 21.8. The second kappa shape index (κ2) is 6.50. The number of pyridine rings is 1. The van der Waals surface area contributed by atoms with Crippen LogP contribution in [0.25, 0.3) is 44.3 Å². The lowest BCUT2D eigenvalue weighted by Gasteiger charge is -2.10. The Balaban J connectivity index is 1.74. The number of rotatable bonds is 2. The van der Waals surface area contributed by atoms with Gasteiger partial charge in [0.15, 0.2) is 0 Å². The molecule has 0 spiro atoms. The van der Waals surface area contributed by atoms with E-state index in [1.165, 1.54) is 0 Å². The van der Waals surface area contributed by atoms with Crippen molar-refractivity contribution < 1.29 is 8.53 Å². The van der Waals surface area contributed by atoms with Gasteiger partial charge in [-0.05, 0) is 48.7 Å². The Labute approximate surface area is 172 Å². The first-order valence-corrected chi connectivity index (χ1v) is 9.38. The highest BCUT2D eigenvalue weighted by molar-refractivity contribution is 6.33. The summed E-state index contributed by atoms with van der Waals surface area (Å²) in [4.78, 5) is 4.53. The van der Waals surface area contributed by atoms with Crippen molar-refractivity contribution in [3.05, 3.63) is 89.1 Å². The van der Waals surface area contributed by atoms with Gasteiger partial charge in [0.25, 0.3) is 0 Å². The second-order valence-electron chi connectivity index (χ2n) is 6.88. The van der Waals surface area contributed by atoms with Gasteiger partial charge in [-0.2, -0.15) is 0 Å². The molecule has 0 bridgehead atoms. The second-order valence-corrected chi connectivity index (χ2v) is 7.29. The maximum atomic E-state index is 7.90. The SMILES string of the molecule is [2H]C([2H])([2H])c1ccccc1-c1cc(-c2cccc3c2oc2cc(C)ccc23)ncc1Cl. The Bertz CT molecular complexity index is 1450. The highest BCUT2D eigenvalue weighted by Crippen LogP contribution is 2.38. The van der Waals surface area contributed by atoms with E-state index in [1.807, 2.05) is 43.3 Å². The fraction of sp³-hybridized carbons (Fsp3) is 0.0800. The lowest BCUT2D eigenvalue weighted by molar-refractivity contribution is 0.669. The topological polar surface area (TPSA) is 26.0 Å². The van der Waals surface area contributed by atoms with Crippen LogP contribution in [0.3, 0.4) is 0 Å². The Kier molecular flexibility index (Phi) is 3.25. The van der Waals surface area contributed by atoms with Crippen molar-refractivity contribution in [2.75, 3.05) is 0 Å². The van der Waals surface area contributed by atoms with Crippen LogP contribution in [0.15, 0.2) is 77.3 Å². The van der Waals surface area contributed by atoms with Gasteiger partial charge >= 0.3 is 0 Å². The Morgan fingerprint density at radius 2 is 1.75 bits per heavy atom. The molecule has 5 aromatic rings. The minimum atomic E-state index is -2.25. The maximum absolute atomic E-state index is 7.90. The average molecular weight is 387 g/mol. The van der Waals surface area contributed by atoms with Gasteiger partial charge in [0.05, 0.1) is 10.7 Å². The standard InChI is InChI=1S/C25H18ClNO/c1-15-10-11-18-19-8-5-9-20(25(19)28-24(18)12-15)23-13-21(22(26)14-27-23)17-7-4-3-6-16(17)2/h3-14H,1-2H3/i2D3. The molecule has 0 unspecified atom stereocenters. The van der Waals surface area contributed by atoms with Gasteiger partial charge in [-0.25, -0.2) is 0 Å². The average Bonchev–Trinajstić information content (AvgIpc) is 3.11. The predicted octanol–water partition coefficient (Wildman–Crippen LogP) is 7.59. The first-order chi connectivity index (χ1) is 14.8. The number of hydrogen-bond acceptors (Lipinski definition) is 2. The van der Waals surface area contributed by atoms with Crippen LogP contribution in [-0.2, 0) is 0 Å². The Morgan fingerprint density at radius 3 is 2.64 bits per heavy atom.